The van der Waals surface area contributed by atoms with E-state index >= 15 is 0 Å². The van der Waals surface area contributed by atoms with Gasteiger partial charge >= 0.3 is 0 Å². The summed E-state index contributed by atoms with van der Waals surface area (Å²) in [6.07, 6.45) is 2.34. The summed E-state index contributed by atoms with van der Waals surface area (Å²) in [7, 11) is 0. The largest absolute Gasteiger partial charge is 0.359 e. The lowest BCUT2D eigenvalue weighted by atomic mass is 10.0. The van der Waals surface area contributed by atoms with Gasteiger partial charge in [0.05, 0.1) is 19.1 Å². The van der Waals surface area contributed by atoms with E-state index in [1.54, 1.807) is 4.90 Å². The molecule has 0 atom stereocenters. The van der Waals surface area contributed by atoms with Crippen LogP contribution in [0, 0.1) is 6.92 Å². The molecule has 1 aromatic carbocycles. The number of likely N-dealkylation sites (tertiary alicyclic amines) is 1. The molecular formula is C16H25ClN3S+. The molecular weight excluding hydrogens is 302 g/mol. The Bertz CT molecular complexity index is 496. The molecule has 0 unspecified atom stereocenters. The Balaban J connectivity index is 1.84. The van der Waals surface area contributed by atoms with Gasteiger partial charge in [-0.3, -0.25) is 0 Å². The number of nitrogens with one attached hydrogen (secondary N) is 3. The topological polar surface area (TPSA) is 28.5 Å². The Kier molecular flexibility index (Phi) is 5.85. The van der Waals surface area contributed by atoms with Gasteiger partial charge < -0.3 is 15.5 Å². The second-order valence-electron chi connectivity index (χ2n) is 6.10. The molecule has 2 rings (SSSR count). The molecule has 3 nitrogen and oxygen atoms in total. The van der Waals surface area contributed by atoms with E-state index in [1.165, 1.54) is 25.9 Å². The zero-order chi connectivity index (χ0) is 15.4. The van der Waals surface area contributed by atoms with Gasteiger partial charge in [-0.2, -0.15) is 0 Å². The fourth-order valence-corrected chi connectivity index (χ4v) is 3.25. The number of quaternary nitrogens is 1. The van der Waals surface area contributed by atoms with Gasteiger partial charge in [0.2, 0.25) is 0 Å². The van der Waals surface area contributed by atoms with Crippen LogP contribution in [0.4, 0.5) is 5.69 Å². The SMILES string of the molecule is Cc1c(Cl)cccc1NC(=S)NC1CC[NH+](C(C)C)CC1. The van der Waals surface area contributed by atoms with Crippen LogP contribution in [0.3, 0.4) is 0 Å². The summed E-state index contributed by atoms with van der Waals surface area (Å²) in [4.78, 5) is 1.69. The number of thiocarbonyl (C=S) groups is 1. The summed E-state index contributed by atoms with van der Waals surface area (Å²) >= 11 is 11.6. The Morgan fingerprint density at radius 1 is 1.33 bits per heavy atom. The van der Waals surface area contributed by atoms with Crippen molar-refractivity contribution in [3.63, 3.8) is 0 Å². The second-order valence-corrected chi connectivity index (χ2v) is 6.91. The zero-order valence-electron chi connectivity index (χ0n) is 13.0. The van der Waals surface area contributed by atoms with Gasteiger partial charge in [-0.1, -0.05) is 17.7 Å². The second kappa shape index (κ2) is 7.43. The van der Waals surface area contributed by atoms with Gasteiger partial charge in [-0.05, 0) is 50.7 Å². The lowest BCUT2D eigenvalue weighted by Gasteiger charge is -2.32. The van der Waals surface area contributed by atoms with Crippen LogP contribution in [0.25, 0.3) is 0 Å². The molecule has 1 saturated heterocycles. The van der Waals surface area contributed by atoms with Crippen molar-refractivity contribution >= 4 is 34.6 Å². The van der Waals surface area contributed by atoms with Crippen molar-refractivity contribution in [1.82, 2.24) is 5.32 Å². The van der Waals surface area contributed by atoms with E-state index in [1.807, 2.05) is 25.1 Å². The predicted octanol–water partition coefficient (Wildman–Crippen LogP) is 2.39. The van der Waals surface area contributed by atoms with Gasteiger partial charge in [0.1, 0.15) is 0 Å². The molecule has 1 fully saturated rings. The molecule has 0 aromatic heterocycles. The molecule has 1 heterocycles. The summed E-state index contributed by atoms with van der Waals surface area (Å²) in [6, 6.07) is 7.02. The molecule has 0 aliphatic carbocycles. The summed E-state index contributed by atoms with van der Waals surface area (Å²) in [5, 5.41) is 8.15. The lowest BCUT2D eigenvalue weighted by molar-refractivity contribution is -0.926. The standard InChI is InChI=1S/C16H24ClN3S/c1-11(2)20-9-7-13(8-10-20)18-16(21)19-15-6-4-5-14(17)12(15)3/h4-6,11,13H,7-10H2,1-3H3,(H2,18,19,21)/p+1. The third kappa shape index (κ3) is 4.56. The van der Waals surface area contributed by atoms with E-state index in [9.17, 15) is 0 Å². The summed E-state index contributed by atoms with van der Waals surface area (Å²) in [5.41, 5.74) is 2.01. The van der Waals surface area contributed by atoms with Crippen molar-refractivity contribution in [1.29, 1.82) is 0 Å². The third-order valence-electron chi connectivity index (χ3n) is 4.30. The van der Waals surface area contributed by atoms with Gasteiger partial charge in [-0.15, -0.1) is 0 Å². The predicted molar refractivity (Wildman–Crippen MR) is 94.4 cm³/mol. The summed E-state index contributed by atoms with van der Waals surface area (Å²) in [5.74, 6) is 0. The van der Waals surface area contributed by atoms with Crippen LogP contribution in [0.5, 0.6) is 0 Å². The molecule has 1 aromatic rings. The number of benzene rings is 1. The summed E-state index contributed by atoms with van der Waals surface area (Å²) < 4.78 is 0. The van der Waals surface area contributed by atoms with Crippen molar-refractivity contribution in [2.24, 2.45) is 0 Å². The molecule has 0 spiro atoms. The number of hydrogen-bond acceptors (Lipinski definition) is 1. The molecule has 21 heavy (non-hydrogen) atoms. The Morgan fingerprint density at radius 3 is 2.62 bits per heavy atom. The number of piperidine rings is 1. The number of rotatable bonds is 3. The number of hydrogen-bond donors (Lipinski definition) is 3. The minimum atomic E-state index is 0.479. The van der Waals surface area contributed by atoms with E-state index in [2.05, 4.69) is 24.5 Å². The average molecular weight is 327 g/mol. The molecule has 0 bridgehead atoms. The minimum absolute atomic E-state index is 0.479. The smallest absolute Gasteiger partial charge is 0.171 e. The van der Waals surface area contributed by atoms with Crippen LogP contribution in [0.1, 0.15) is 32.3 Å². The van der Waals surface area contributed by atoms with Crippen LogP contribution >= 0.6 is 23.8 Å². The fourth-order valence-electron chi connectivity index (χ4n) is 2.80. The monoisotopic (exact) mass is 326 g/mol. The quantitative estimate of drug-likeness (QED) is 0.745. The molecule has 1 aliphatic heterocycles. The number of anilines is 1. The molecule has 0 radical (unpaired) electrons. The highest BCUT2D eigenvalue weighted by atomic mass is 35.5. The molecule has 0 amide bonds. The van der Waals surface area contributed by atoms with Gasteiger partial charge in [0.25, 0.3) is 0 Å². The Hall–Kier alpha value is -0.840. The van der Waals surface area contributed by atoms with Crippen molar-refractivity contribution < 1.29 is 4.90 Å². The van der Waals surface area contributed by atoms with Crippen LogP contribution in [-0.4, -0.2) is 30.3 Å². The first-order valence-electron chi connectivity index (χ1n) is 7.64. The first-order chi connectivity index (χ1) is 9.97. The molecule has 1 aliphatic rings. The fraction of sp³-hybridized carbons (Fsp3) is 0.562. The maximum atomic E-state index is 6.13. The zero-order valence-corrected chi connectivity index (χ0v) is 14.6. The average Bonchev–Trinajstić information content (AvgIpc) is 2.44. The van der Waals surface area contributed by atoms with E-state index in [0.29, 0.717) is 17.2 Å². The van der Waals surface area contributed by atoms with Crippen molar-refractivity contribution in [3.05, 3.63) is 28.8 Å². The highest BCUT2D eigenvalue weighted by Gasteiger charge is 2.24. The minimum Gasteiger partial charge on any atom is -0.359 e. The van der Waals surface area contributed by atoms with Crippen LogP contribution in [-0.2, 0) is 0 Å². The Morgan fingerprint density at radius 2 is 2.00 bits per heavy atom. The molecule has 116 valence electrons. The van der Waals surface area contributed by atoms with Gasteiger partial charge in [0.15, 0.2) is 5.11 Å². The van der Waals surface area contributed by atoms with E-state index < -0.39 is 0 Å². The Labute approximate surface area is 138 Å². The normalized spacial score (nSPS) is 22.1. The third-order valence-corrected chi connectivity index (χ3v) is 4.92. The van der Waals surface area contributed by atoms with Gasteiger partial charge in [0, 0.05) is 29.6 Å². The van der Waals surface area contributed by atoms with Crippen LogP contribution in [0.2, 0.25) is 5.02 Å². The molecule has 3 N–H and O–H groups in total. The van der Waals surface area contributed by atoms with Crippen LogP contribution in [0.15, 0.2) is 18.2 Å². The van der Waals surface area contributed by atoms with E-state index in [4.69, 9.17) is 23.8 Å². The van der Waals surface area contributed by atoms with Crippen LogP contribution < -0.4 is 15.5 Å². The highest BCUT2D eigenvalue weighted by molar-refractivity contribution is 7.80. The maximum Gasteiger partial charge on any atom is 0.171 e. The molecule has 5 heteroatoms. The highest BCUT2D eigenvalue weighted by Crippen LogP contribution is 2.22. The van der Waals surface area contributed by atoms with Crippen molar-refractivity contribution in [2.75, 3.05) is 18.4 Å². The van der Waals surface area contributed by atoms with Crippen molar-refractivity contribution in [2.45, 2.75) is 45.7 Å². The lowest BCUT2D eigenvalue weighted by Crippen LogP contribution is -3.16. The first-order valence-corrected chi connectivity index (χ1v) is 8.43. The summed E-state index contributed by atoms with van der Waals surface area (Å²) in [6.45, 7) is 9.01. The van der Waals surface area contributed by atoms with Gasteiger partial charge in [-0.25, -0.2) is 0 Å². The maximum absolute atomic E-state index is 6.13. The van der Waals surface area contributed by atoms with E-state index in [-0.39, 0.29) is 0 Å². The molecule has 0 saturated carbocycles. The van der Waals surface area contributed by atoms with Crippen molar-refractivity contribution in [3.8, 4) is 0 Å². The van der Waals surface area contributed by atoms with E-state index in [0.717, 1.165) is 16.3 Å². The number of halogens is 1. The first kappa shape index (κ1) is 16.5.